The molecule has 6 atom stereocenters. The minimum atomic E-state index is -0.303. The minimum absolute atomic E-state index is 0.0179. The van der Waals surface area contributed by atoms with E-state index in [4.69, 9.17) is 10.5 Å². The van der Waals surface area contributed by atoms with Gasteiger partial charge in [-0.1, -0.05) is 79.2 Å². The molecular formula is C52H68N4O5. The van der Waals surface area contributed by atoms with Gasteiger partial charge >= 0.3 is 0 Å². The standard InChI is InChI=1S/C52H68N4O5/c1-54-49-23-21-42-34-55-25-24-47(42)48(49)28-37(14-8-26-57)13-7-15-45(58)33-46(59)22-20-40-31-51(61-2)50(60)30-43(40)29-44-35-56-52(53)32-41(44)19-18-39-12-6-11-38(27-39)17-16-36-9-4-3-5-10-36/h3-6,9-12,20-23,27,30-32,35,37,42,47-49,52,54-57,60H,7-8,13-19,24-26,28-29,33-34,53H2,1-2H3. The van der Waals surface area contributed by atoms with Crippen molar-refractivity contribution in [1.82, 2.24) is 16.0 Å². The van der Waals surface area contributed by atoms with Crippen LogP contribution < -0.4 is 26.4 Å². The van der Waals surface area contributed by atoms with Gasteiger partial charge in [-0.05, 0) is 165 Å². The van der Waals surface area contributed by atoms with Gasteiger partial charge in [0.1, 0.15) is 5.78 Å². The maximum atomic E-state index is 13.2. The Morgan fingerprint density at radius 1 is 0.951 bits per heavy atom. The number of carbonyl (C=O) groups excluding carboxylic acids is 2. The highest BCUT2D eigenvalue weighted by Gasteiger charge is 2.38. The number of methoxy groups -OCH3 is 1. The zero-order valence-corrected chi connectivity index (χ0v) is 36.3. The number of rotatable bonds is 23. The summed E-state index contributed by atoms with van der Waals surface area (Å²) in [5.74, 6) is 2.16. The number of hydrogen-bond acceptors (Lipinski definition) is 9. The molecule has 0 saturated carbocycles. The average Bonchev–Trinajstić information content (AvgIpc) is 3.27. The Morgan fingerprint density at radius 2 is 1.70 bits per heavy atom. The van der Waals surface area contributed by atoms with Gasteiger partial charge in [0.05, 0.1) is 19.7 Å². The molecule has 326 valence electrons. The summed E-state index contributed by atoms with van der Waals surface area (Å²) in [6.07, 6.45) is 21.6. The number of nitrogens with one attached hydrogen (secondary N) is 3. The van der Waals surface area contributed by atoms with Crippen molar-refractivity contribution in [3.63, 3.8) is 0 Å². The molecule has 0 radical (unpaired) electrons. The van der Waals surface area contributed by atoms with E-state index in [2.05, 4.69) is 82.7 Å². The summed E-state index contributed by atoms with van der Waals surface area (Å²) in [6, 6.07) is 23.1. The fourth-order valence-electron chi connectivity index (χ4n) is 9.73. The van der Waals surface area contributed by atoms with Crippen LogP contribution in [0.1, 0.15) is 85.6 Å². The molecule has 0 amide bonds. The molecule has 0 bridgehead atoms. The largest absolute Gasteiger partial charge is 0.504 e. The molecule has 3 aromatic rings. The molecule has 0 spiro atoms. The number of Topliss-reactive ketones (excluding diaryl/α,β-unsaturated/α-hetero) is 1. The highest BCUT2D eigenvalue weighted by molar-refractivity contribution is 6.06. The number of aryl methyl sites for hydroxylation is 3. The lowest BCUT2D eigenvalue weighted by molar-refractivity contribution is -0.124. The third kappa shape index (κ3) is 13.6. The van der Waals surface area contributed by atoms with Crippen molar-refractivity contribution in [2.75, 3.05) is 33.9 Å². The van der Waals surface area contributed by atoms with Gasteiger partial charge in [-0.25, -0.2) is 0 Å². The first kappa shape index (κ1) is 45.7. The summed E-state index contributed by atoms with van der Waals surface area (Å²) in [6.45, 7) is 2.26. The molecule has 1 saturated heterocycles. The number of ketones is 2. The molecule has 3 aliphatic rings. The van der Waals surface area contributed by atoms with Crippen LogP contribution in [0.25, 0.3) is 6.08 Å². The fraction of sp³-hybridized carbons (Fsp3) is 0.462. The molecule has 3 aromatic carbocycles. The maximum Gasteiger partial charge on any atom is 0.163 e. The predicted molar refractivity (Wildman–Crippen MR) is 246 cm³/mol. The number of piperidine rings is 1. The van der Waals surface area contributed by atoms with Crippen LogP contribution in [0.4, 0.5) is 0 Å². The van der Waals surface area contributed by atoms with E-state index in [9.17, 15) is 19.8 Å². The number of aromatic hydroxyl groups is 1. The van der Waals surface area contributed by atoms with Crippen molar-refractivity contribution in [1.29, 1.82) is 0 Å². The van der Waals surface area contributed by atoms with Crippen LogP contribution in [-0.2, 0) is 35.3 Å². The smallest absolute Gasteiger partial charge is 0.163 e. The van der Waals surface area contributed by atoms with Gasteiger partial charge in [0.25, 0.3) is 0 Å². The van der Waals surface area contributed by atoms with Crippen LogP contribution in [0.2, 0.25) is 0 Å². The number of aliphatic hydroxyl groups is 1. The van der Waals surface area contributed by atoms with Crippen molar-refractivity contribution in [2.45, 2.75) is 95.7 Å². The first-order valence-corrected chi connectivity index (χ1v) is 22.6. The molecule has 6 rings (SSSR count). The first-order chi connectivity index (χ1) is 29.7. The van der Waals surface area contributed by atoms with E-state index >= 15 is 0 Å². The van der Waals surface area contributed by atoms with Crippen LogP contribution in [0.5, 0.6) is 11.5 Å². The number of aliphatic hydroxyl groups excluding tert-OH is 1. The molecule has 2 aliphatic heterocycles. The third-order valence-corrected chi connectivity index (χ3v) is 13.0. The van der Waals surface area contributed by atoms with Gasteiger partial charge in [-0.2, -0.15) is 0 Å². The Labute approximate surface area is 363 Å². The first-order valence-electron chi connectivity index (χ1n) is 22.6. The number of benzene rings is 3. The van der Waals surface area contributed by atoms with Gasteiger partial charge in [0.2, 0.25) is 0 Å². The van der Waals surface area contributed by atoms with E-state index in [1.807, 2.05) is 19.3 Å². The van der Waals surface area contributed by atoms with Gasteiger partial charge in [-0.3, -0.25) is 9.59 Å². The second kappa shape index (κ2) is 23.4. The molecule has 1 aliphatic carbocycles. The molecule has 9 heteroatoms. The van der Waals surface area contributed by atoms with E-state index in [1.165, 1.54) is 36.3 Å². The molecule has 2 heterocycles. The summed E-state index contributed by atoms with van der Waals surface area (Å²) in [7, 11) is 3.55. The fourth-order valence-corrected chi connectivity index (χ4v) is 9.73. The number of fused-ring (bicyclic) bond motifs is 1. The van der Waals surface area contributed by atoms with E-state index in [-0.39, 0.29) is 36.5 Å². The van der Waals surface area contributed by atoms with Crippen LogP contribution >= 0.6 is 0 Å². The Hall–Kier alpha value is -4.80. The van der Waals surface area contributed by atoms with Crippen LogP contribution in [0.15, 0.2) is 108 Å². The zero-order valence-electron chi connectivity index (χ0n) is 36.3. The molecular weight excluding hydrogens is 761 g/mol. The number of carbonyl (C=O) groups is 2. The van der Waals surface area contributed by atoms with E-state index in [0.717, 1.165) is 93.2 Å². The van der Waals surface area contributed by atoms with Gasteiger partial charge < -0.3 is 36.6 Å². The summed E-state index contributed by atoms with van der Waals surface area (Å²) < 4.78 is 5.45. The minimum Gasteiger partial charge on any atom is -0.504 e. The second-order valence-corrected chi connectivity index (χ2v) is 17.3. The third-order valence-electron chi connectivity index (χ3n) is 13.0. The van der Waals surface area contributed by atoms with Crippen molar-refractivity contribution >= 4 is 17.6 Å². The average molecular weight is 829 g/mol. The summed E-state index contributed by atoms with van der Waals surface area (Å²) >= 11 is 0. The summed E-state index contributed by atoms with van der Waals surface area (Å²) in [4.78, 5) is 26.4. The second-order valence-electron chi connectivity index (χ2n) is 17.3. The number of likely N-dealkylation sites (N-methyl/N-ethyl adjacent to an activating group) is 1. The van der Waals surface area contributed by atoms with Gasteiger partial charge in [0.15, 0.2) is 17.3 Å². The number of dihydropyridines is 1. The Morgan fingerprint density at radius 3 is 2.48 bits per heavy atom. The molecule has 7 N–H and O–H groups in total. The lowest BCUT2D eigenvalue weighted by atomic mass is 9.66. The topological polar surface area (TPSA) is 146 Å². The molecule has 6 unspecified atom stereocenters. The van der Waals surface area contributed by atoms with Crippen LogP contribution in [-0.4, -0.2) is 67.8 Å². The van der Waals surface area contributed by atoms with Crippen LogP contribution in [0.3, 0.4) is 0 Å². The van der Waals surface area contributed by atoms with E-state index in [1.54, 1.807) is 18.2 Å². The number of nitrogens with two attached hydrogens (primary N) is 1. The maximum absolute atomic E-state index is 13.2. The highest BCUT2D eigenvalue weighted by atomic mass is 16.5. The quantitative estimate of drug-likeness (QED) is 0.0324. The Kier molecular flexibility index (Phi) is 17.6. The number of allylic oxidation sites excluding steroid dienone is 3. The zero-order chi connectivity index (χ0) is 43.0. The SMILES string of the molecule is CNC1C=CC2CNCCC2C1CC(CCCO)CCCC(=O)CC(=O)C=Cc1cc(OC)c(O)cc1CC1=CNC(N)C=C1CCc1cccc(CCc2ccccc2)c1. The predicted octanol–water partition coefficient (Wildman–Crippen LogP) is 7.55. The summed E-state index contributed by atoms with van der Waals surface area (Å²) in [5, 5.41) is 30.8. The Bertz CT molecular complexity index is 2020. The van der Waals surface area contributed by atoms with Crippen molar-refractivity contribution in [3.05, 3.63) is 136 Å². The van der Waals surface area contributed by atoms with Crippen molar-refractivity contribution in [2.24, 2.45) is 29.4 Å². The van der Waals surface area contributed by atoms with E-state index < -0.39 is 0 Å². The van der Waals surface area contributed by atoms with Crippen molar-refractivity contribution < 1.29 is 24.5 Å². The monoisotopic (exact) mass is 829 g/mol. The number of phenols is 1. The molecule has 1 fully saturated rings. The number of ether oxygens (including phenoxy) is 1. The van der Waals surface area contributed by atoms with Crippen molar-refractivity contribution in [3.8, 4) is 11.5 Å². The van der Waals surface area contributed by atoms with E-state index in [0.29, 0.717) is 48.3 Å². The number of phenolic OH excluding ortho intramolecular Hbond substituents is 1. The lowest BCUT2D eigenvalue weighted by Crippen LogP contribution is -2.48. The van der Waals surface area contributed by atoms with Gasteiger partial charge in [0, 0.05) is 31.8 Å². The summed E-state index contributed by atoms with van der Waals surface area (Å²) in [5.41, 5.74) is 14.0. The molecule has 61 heavy (non-hydrogen) atoms. The Balaban J connectivity index is 1.04. The molecule has 9 nitrogen and oxygen atoms in total. The molecule has 0 aromatic heterocycles. The number of hydrogen-bond donors (Lipinski definition) is 6. The normalized spacial score (nSPS) is 21.6. The highest BCUT2D eigenvalue weighted by Crippen LogP contribution is 2.40. The van der Waals surface area contributed by atoms with Crippen LogP contribution in [0, 0.1) is 23.7 Å². The lowest BCUT2D eigenvalue weighted by Gasteiger charge is -2.44. The van der Waals surface area contributed by atoms with Gasteiger partial charge in [-0.15, -0.1) is 0 Å².